The molecule has 1 aromatic carbocycles. The molecule has 8 nitrogen and oxygen atoms in total. The third-order valence-electron chi connectivity index (χ3n) is 2.96. The maximum atomic E-state index is 12.1. The highest BCUT2D eigenvalue weighted by atomic mass is 16.6. The molecule has 1 aliphatic heterocycles. The Morgan fingerprint density at radius 1 is 1.29 bits per heavy atom. The zero-order valence-electron chi connectivity index (χ0n) is 13.8. The van der Waals surface area contributed by atoms with E-state index in [0.717, 1.165) is 10.5 Å². The summed E-state index contributed by atoms with van der Waals surface area (Å²) >= 11 is 0. The molecule has 1 aliphatic rings. The van der Waals surface area contributed by atoms with E-state index in [1.807, 2.05) is 30.3 Å². The van der Waals surface area contributed by atoms with Crippen molar-refractivity contribution < 1.29 is 28.6 Å². The van der Waals surface area contributed by atoms with Crippen LogP contribution >= 0.6 is 0 Å². The molecular weight excluding hydrogens is 316 g/mol. The summed E-state index contributed by atoms with van der Waals surface area (Å²) in [5.41, 5.74) is 0.0357. The second kappa shape index (κ2) is 7.20. The Morgan fingerprint density at radius 3 is 2.58 bits per heavy atom. The molecule has 0 aliphatic carbocycles. The molecule has 0 radical (unpaired) electrons. The van der Waals surface area contributed by atoms with E-state index in [0.29, 0.717) is 0 Å². The number of cyclic esters (lactones) is 1. The largest absolute Gasteiger partial charge is 0.445 e. The molecule has 0 bridgehead atoms. The number of carbonyl (C=O) groups is 3. The highest BCUT2D eigenvalue weighted by molar-refractivity contribution is 5.90. The van der Waals surface area contributed by atoms with Gasteiger partial charge in [0.2, 0.25) is 0 Å². The maximum absolute atomic E-state index is 12.1. The second-order valence-electron chi connectivity index (χ2n) is 6.15. The van der Waals surface area contributed by atoms with Gasteiger partial charge in [-0.2, -0.15) is 4.90 Å². The summed E-state index contributed by atoms with van der Waals surface area (Å²) in [6.07, 6.45) is -3.51. The standard InChI is InChI=1S/C16H20N2O6/c1-16(2,3)24-15(21)18-12(10-23-14(18)20)17-13(19)22-9-11-7-5-4-6-8-11/h4-8,12H,9-10H2,1-3H3,(H,17,19)/t12-/m0/s1. The summed E-state index contributed by atoms with van der Waals surface area (Å²) in [4.78, 5) is 36.3. The van der Waals surface area contributed by atoms with Crippen LogP contribution in [0.4, 0.5) is 14.4 Å². The second-order valence-corrected chi connectivity index (χ2v) is 6.15. The molecule has 0 spiro atoms. The molecule has 3 amide bonds. The number of benzene rings is 1. The zero-order chi connectivity index (χ0) is 17.7. The average Bonchev–Trinajstić information content (AvgIpc) is 2.85. The molecule has 0 saturated carbocycles. The van der Waals surface area contributed by atoms with Crippen molar-refractivity contribution in [3.63, 3.8) is 0 Å². The number of carbonyl (C=O) groups excluding carboxylic acids is 3. The first-order valence-corrected chi connectivity index (χ1v) is 7.42. The number of alkyl carbamates (subject to hydrolysis) is 1. The molecule has 1 atom stereocenters. The first kappa shape index (κ1) is 17.6. The van der Waals surface area contributed by atoms with Gasteiger partial charge >= 0.3 is 18.3 Å². The van der Waals surface area contributed by atoms with Crippen molar-refractivity contribution in [2.24, 2.45) is 0 Å². The summed E-state index contributed by atoms with van der Waals surface area (Å²) < 4.78 is 15.0. The Morgan fingerprint density at radius 2 is 1.96 bits per heavy atom. The Kier molecular flexibility index (Phi) is 5.28. The van der Waals surface area contributed by atoms with Crippen LogP contribution in [0.5, 0.6) is 0 Å². The fourth-order valence-corrected chi connectivity index (χ4v) is 1.94. The third-order valence-corrected chi connectivity index (χ3v) is 2.96. The highest BCUT2D eigenvalue weighted by Gasteiger charge is 2.41. The summed E-state index contributed by atoms with van der Waals surface area (Å²) in [7, 11) is 0. The van der Waals surface area contributed by atoms with E-state index >= 15 is 0 Å². The number of rotatable bonds is 3. The van der Waals surface area contributed by atoms with Crippen molar-refractivity contribution in [2.75, 3.05) is 6.61 Å². The molecule has 0 aromatic heterocycles. The van der Waals surface area contributed by atoms with Gasteiger partial charge in [-0.15, -0.1) is 0 Å². The number of hydrogen-bond acceptors (Lipinski definition) is 6. The van der Waals surface area contributed by atoms with Crippen molar-refractivity contribution >= 4 is 18.3 Å². The van der Waals surface area contributed by atoms with E-state index in [-0.39, 0.29) is 13.2 Å². The molecule has 1 N–H and O–H groups in total. The van der Waals surface area contributed by atoms with Crippen molar-refractivity contribution in [1.82, 2.24) is 10.2 Å². The SMILES string of the molecule is CC(C)(C)OC(=O)N1C(=O)OC[C@H]1NC(=O)OCc1ccccc1. The molecule has 130 valence electrons. The lowest BCUT2D eigenvalue weighted by molar-refractivity contribution is 0.0271. The van der Waals surface area contributed by atoms with E-state index in [4.69, 9.17) is 14.2 Å². The minimum atomic E-state index is -0.976. The Hall–Kier alpha value is -2.77. The Bertz CT molecular complexity index is 611. The van der Waals surface area contributed by atoms with Gasteiger partial charge in [-0.05, 0) is 26.3 Å². The van der Waals surface area contributed by atoms with Gasteiger partial charge in [0.25, 0.3) is 0 Å². The van der Waals surface area contributed by atoms with Gasteiger partial charge in [0.1, 0.15) is 18.8 Å². The van der Waals surface area contributed by atoms with Crippen LogP contribution in [0, 0.1) is 0 Å². The van der Waals surface area contributed by atoms with Gasteiger partial charge in [0.05, 0.1) is 0 Å². The monoisotopic (exact) mass is 336 g/mol. The smallest absolute Gasteiger partial charge is 0.421 e. The fraction of sp³-hybridized carbons (Fsp3) is 0.438. The summed E-state index contributed by atoms with van der Waals surface area (Å²) in [5.74, 6) is 0. The summed E-state index contributed by atoms with van der Waals surface area (Å²) in [6.45, 7) is 4.91. The number of imide groups is 1. The molecule has 0 unspecified atom stereocenters. The topological polar surface area (TPSA) is 94.2 Å². The van der Waals surface area contributed by atoms with Crippen LogP contribution in [0.15, 0.2) is 30.3 Å². The van der Waals surface area contributed by atoms with Crippen LogP contribution in [0.1, 0.15) is 26.3 Å². The first-order valence-electron chi connectivity index (χ1n) is 7.42. The lowest BCUT2D eigenvalue weighted by Gasteiger charge is -2.25. The minimum absolute atomic E-state index is 0.0701. The van der Waals surface area contributed by atoms with Gasteiger partial charge in [-0.25, -0.2) is 14.4 Å². The normalized spacial score (nSPS) is 17.2. The van der Waals surface area contributed by atoms with Gasteiger partial charge in [0, 0.05) is 0 Å². The average molecular weight is 336 g/mol. The molecule has 1 heterocycles. The zero-order valence-corrected chi connectivity index (χ0v) is 13.8. The first-order chi connectivity index (χ1) is 11.3. The van der Waals surface area contributed by atoms with Crippen LogP contribution in [0.25, 0.3) is 0 Å². The van der Waals surface area contributed by atoms with Gasteiger partial charge in [0.15, 0.2) is 6.17 Å². The summed E-state index contributed by atoms with van der Waals surface area (Å²) in [5, 5.41) is 2.41. The van der Waals surface area contributed by atoms with Gasteiger partial charge in [-0.1, -0.05) is 30.3 Å². The molecule has 2 rings (SSSR count). The highest BCUT2D eigenvalue weighted by Crippen LogP contribution is 2.16. The third kappa shape index (κ3) is 4.87. The van der Waals surface area contributed by atoms with Gasteiger partial charge < -0.3 is 14.2 Å². The molecule has 1 fully saturated rings. The van der Waals surface area contributed by atoms with Crippen molar-refractivity contribution in [3.05, 3.63) is 35.9 Å². The minimum Gasteiger partial charge on any atom is -0.445 e. The predicted molar refractivity (Wildman–Crippen MR) is 83.0 cm³/mol. The molecule has 1 aromatic rings. The molecule has 1 saturated heterocycles. The van der Waals surface area contributed by atoms with Crippen molar-refractivity contribution in [2.45, 2.75) is 39.1 Å². The lowest BCUT2D eigenvalue weighted by Crippen LogP contribution is -2.51. The predicted octanol–water partition coefficient (Wildman–Crippen LogP) is 2.63. The van der Waals surface area contributed by atoms with Crippen LogP contribution in [-0.2, 0) is 20.8 Å². The number of ether oxygens (including phenoxy) is 3. The number of hydrogen-bond donors (Lipinski definition) is 1. The van der Waals surface area contributed by atoms with E-state index in [1.54, 1.807) is 20.8 Å². The number of nitrogens with one attached hydrogen (secondary N) is 1. The van der Waals surface area contributed by atoms with Crippen molar-refractivity contribution in [1.29, 1.82) is 0 Å². The van der Waals surface area contributed by atoms with Gasteiger partial charge in [-0.3, -0.25) is 5.32 Å². The molecular formula is C16H20N2O6. The Balaban J connectivity index is 1.91. The van der Waals surface area contributed by atoms with Crippen molar-refractivity contribution in [3.8, 4) is 0 Å². The van der Waals surface area contributed by atoms with E-state index in [9.17, 15) is 14.4 Å². The van der Waals surface area contributed by atoms with E-state index in [1.165, 1.54) is 0 Å². The number of nitrogens with zero attached hydrogens (tertiary/aromatic N) is 1. The fourth-order valence-electron chi connectivity index (χ4n) is 1.94. The van der Waals surface area contributed by atoms with Crippen LogP contribution < -0.4 is 5.32 Å². The van der Waals surface area contributed by atoms with Crippen LogP contribution in [0.3, 0.4) is 0 Å². The Labute approximate surface area is 139 Å². The molecule has 8 heteroatoms. The summed E-state index contributed by atoms with van der Waals surface area (Å²) in [6, 6.07) is 9.11. The maximum Gasteiger partial charge on any atom is 0.421 e. The quantitative estimate of drug-likeness (QED) is 0.853. The van der Waals surface area contributed by atoms with Crippen LogP contribution in [0.2, 0.25) is 0 Å². The molecule has 24 heavy (non-hydrogen) atoms. The number of amides is 3. The van der Waals surface area contributed by atoms with E-state index in [2.05, 4.69) is 5.32 Å². The van der Waals surface area contributed by atoms with E-state index < -0.39 is 30.0 Å². The van der Waals surface area contributed by atoms with Crippen LogP contribution in [-0.4, -0.2) is 41.6 Å². The lowest BCUT2D eigenvalue weighted by atomic mass is 10.2.